The summed E-state index contributed by atoms with van der Waals surface area (Å²) in [5, 5.41) is 2.96. The molecule has 0 unspecified atom stereocenters. The van der Waals surface area contributed by atoms with E-state index < -0.39 is 0 Å². The van der Waals surface area contributed by atoms with Crippen molar-refractivity contribution in [3.05, 3.63) is 59.3 Å². The van der Waals surface area contributed by atoms with Crippen molar-refractivity contribution in [1.82, 2.24) is 15.2 Å². The highest BCUT2D eigenvalue weighted by atomic mass is 16.2. The first-order valence-electron chi connectivity index (χ1n) is 8.87. The molecule has 1 aromatic carbocycles. The Balaban J connectivity index is 1.50. The second-order valence-electron chi connectivity index (χ2n) is 6.66. The van der Waals surface area contributed by atoms with Gasteiger partial charge in [0.15, 0.2) is 0 Å². The van der Waals surface area contributed by atoms with Gasteiger partial charge in [-0.2, -0.15) is 0 Å². The van der Waals surface area contributed by atoms with Gasteiger partial charge < -0.3 is 15.1 Å². The number of urea groups is 1. The van der Waals surface area contributed by atoms with Crippen LogP contribution in [0.4, 0.5) is 10.6 Å². The molecule has 5 nitrogen and oxygen atoms in total. The van der Waals surface area contributed by atoms with E-state index in [0.29, 0.717) is 13.1 Å². The van der Waals surface area contributed by atoms with Gasteiger partial charge in [0.1, 0.15) is 5.82 Å². The zero-order valence-electron chi connectivity index (χ0n) is 15.0. The fraction of sp³-hybridized carbons (Fsp3) is 0.400. The van der Waals surface area contributed by atoms with Crippen molar-refractivity contribution in [3.63, 3.8) is 0 Å². The van der Waals surface area contributed by atoms with Crippen LogP contribution in [0.5, 0.6) is 0 Å². The summed E-state index contributed by atoms with van der Waals surface area (Å²) in [6.07, 6.45) is 4.34. The predicted octanol–water partition coefficient (Wildman–Crippen LogP) is 3.33. The van der Waals surface area contributed by atoms with Crippen molar-refractivity contribution in [2.75, 3.05) is 25.0 Å². The van der Waals surface area contributed by atoms with Gasteiger partial charge in [0.05, 0.1) is 0 Å². The number of carbonyl (C=O) groups is 1. The molecule has 0 saturated carbocycles. The topological polar surface area (TPSA) is 48.5 Å². The fourth-order valence-corrected chi connectivity index (χ4v) is 3.08. The Hall–Kier alpha value is -2.56. The number of pyridine rings is 1. The van der Waals surface area contributed by atoms with Gasteiger partial charge in [-0.1, -0.05) is 30.3 Å². The number of rotatable bonds is 5. The number of amides is 2. The number of nitrogens with one attached hydrogen (secondary N) is 1. The Morgan fingerprint density at radius 2 is 1.96 bits per heavy atom. The van der Waals surface area contributed by atoms with E-state index in [4.69, 9.17) is 0 Å². The molecule has 0 radical (unpaired) electrons. The van der Waals surface area contributed by atoms with Crippen LogP contribution in [-0.4, -0.2) is 36.1 Å². The minimum Gasteiger partial charge on any atom is -0.357 e. The first-order valence-corrected chi connectivity index (χ1v) is 8.87. The quantitative estimate of drug-likeness (QED) is 0.910. The molecule has 1 aliphatic rings. The SMILES string of the molecule is Cc1ccccc1CN(C)C(=O)NCc1ccc(N2CCCC2)nc1. The lowest BCUT2D eigenvalue weighted by molar-refractivity contribution is 0.206. The fourth-order valence-electron chi connectivity index (χ4n) is 3.08. The van der Waals surface area contributed by atoms with Crippen LogP contribution in [0.2, 0.25) is 0 Å². The zero-order valence-corrected chi connectivity index (χ0v) is 15.0. The van der Waals surface area contributed by atoms with Gasteiger partial charge in [-0.3, -0.25) is 0 Å². The number of hydrogen-bond donors (Lipinski definition) is 1. The number of aryl methyl sites for hydroxylation is 1. The number of aromatic nitrogens is 1. The highest BCUT2D eigenvalue weighted by Crippen LogP contribution is 2.17. The van der Waals surface area contributed by atoms with E-state index in [-0.39, 0.29) is 6.03 Å². The lowest BCUT2D eigenvalue weighted by atomic mass is 10.1. The molecule has 1 fully saturated rings. The van der Waals surface area contributed by atoms with E-state index in [2.05, 4.69) is 34.3 Å². The number of benzene rings is 1. The molecule has 0 spiro atoms. The third kappa shape index (κ3) is 4.50. The van der Waals surface area contributed by atoms with Gasteiger partial charge >= 0.3 is 6.03 Å². The Morgan fingerprint density at radius 3 is 2.64 bits per heavy atom. The summed E-state index contributed by atoms with van der Waals surface area (Å²) < 4.78 is 0. The molecular formula is C20H26N4O. The van der Waals surface area contributed by atoms with Crippen molar-refractivity contribution >= 4 is 11.8 Å². The van der Waals surface area contributed by atoms with Crippen LogP contribution in [0.25, 0.3) is 0 Å². The van der Waals surface area contributed by atoms with Crippen molar-refractivity contribution in [2.24, 2.45) is 0 Å². The second-order valence-corrected chi connectivity index (χ2v) is 6.66. The molecule has 0 atom stereocenters. The van der Waals surface area contributed by atoms with Crippen molar-refractivity contribution in [3.8, 4) is 0 Å². The van der Waals surface area contributed by atoms with Crippen LogP contribution in [-0.2, 0) is 13.1 Å². The van der Waals surface area contributed by atoms with Crippen LogP contribution >= 0.6 is 0 Å². The Morgan fingerprint density at radius 1 is 1.20 bits per heavy atom. The minimum absolute atomic E-state index is 0.0770. The summed E-state index contributed by atoms with van der Waals surface area (Å²) in [4.78, 5) is 20.8. The lowest BCUT2D eigenvalue weighted by Gasteiger charge is -2.19. The van der Waals surface area contributed by atoms with Crippen LogP contribution in [0.1, 0.15) is 29.5 Å². The average Bonchev–Trinajstić information content (AvgIpc) is 3.16. The van der Waals surface area contributed by atoms with Crippen molar-refractivity contribution in [2.45, 2.75) is 32.9 Å². The third-order valence-electron chi connectivity index (χ3n) is 4.70. The molecule has 1 aliphatic heterocycles. The van der Waals surface area contributed by atoms with Gasteiger partial charge in [-0.15, -0.1) is 0 Å². The zero-order chi connectivity index (χ0) is 17.6. The molecular weight excluding hydrogens is 312 g/mol. The standard InChI is InChI=1S/C20H26N4O/c1-16-7-3-4-8-18(16)15-23(2)20(25)22-14-17-9-10-19(21-13-17)24-11-5-6-12-24/h3-4,7-10,13H,5-6,11-12,14-15H2,1-2H3,(H,22,25). The molecule has 1 saturated heterocycles. The third-order valence-corrected chi connectivity index (χ3v) is 4.70. The van der Waals surface area contributed by atoms with Gasteiger partial charge in [-0.25, -0.2) is 9.78 Å². The molecule has 132 valence electrons. The van der Waals surface area contributed by atoms with E-state index in [0.717, 1.165) is 30.0 Å². The van der Waals surface area contributed by atoms with E-state index in [9.17, 15) is 4.79 Å². The average molecular weight is 338 g/mol. The minimum atomic E-state index is -0.0770. The number of anilines is 1. The molecule has 3 rings (SSSR count). The molecule has 0 aliphatic carbocycles. The van der Waals surface area contributed by atoms with Crippen LogP contribution in [0, 0.1) is 6.92 Å². The molecule has 2 heterocycles. The summed E-state index contributed by atoms with van der Waals surface area (Å²) >= 11 is 0. The first-order chi connectivity index (χ1) is 12.1. The van der Waals surface area contributed by atoms with Crippen molar-refractivity contribution in [1.29, 1.82) is 0 Å². The molecule has 5 heteroatoms. The van der Waals surface area contributed by atoms with Gasteiger partial charge in [0.2, 0.25) is 0 Å². The summed E-state index contributed by atoms with van der Waals surface area (Å²) in [5.74, 6) is 1.03. The van der Waals surface area contributed by atoms with E-state index in [1.807, 2.05) is 37.5 Å². The highest BCUT2D eigenvalue weighted by Gasteiger charge is 2.13. The normalized spacial score (nSPS) is 13.8. The van der Waals surface area contributed by atoms with E-state index in [1.54, 1.807) is 4.90 Å². The number of carbonyl (C=O) groups excluding carboxylic acids is 1. The molecule has 1 N–H and O–H groups in total. The summed E-state index contributed by atoms with van der Waals surface area (Å²) in [7, 11) is 1.82. The van der Waals surface area contributed by atoms with Gasteiger partial charge in [0.25, 0.3) is 0 Å². The maximum atomic E-state index is 12.3. The van der Waals surface area contributed by atoms with Crippen LogP contribution in [0.3, 0.4) is 0 Å². The van der Waals surface area contributed by atoms with Crippen LogP contribution < -0.4 is 10.2 Å². The molecule has 2 aromatic rings. The Labute approximate surface area is 149 Å². The molecule has 25 heavy (non-hydrogen) atoms. The number of hydrogen-bond acceptors (Lipinski definition) is 3. The second kappa shape index (κ2) is 8.01. The van der Waals surface area contributed by atoms with Gasteiger partial charge in [-0.05, 0) is 42.5 Å². The predicted molar refractivity (Wildman–Crippen MR) is 101 cm³/mol. The van der Waals surface area contributed by atoms with Crippen LogP contribution in [0.15, 0.2) is 42.6 Å². The smallest absolute Gasteiger partial charge is 0.317 e. The number of nitrogens with zero attached hydrogens (tertiary/aromatic N) is 3. The molecule has 0 bridgehead atoms. The molecule has 1 aromatic heterocycles. The van der Waals surface area contributed by atoms with E-state index in [1.165, 1.54) is 18.4 Å². The summed E-state index contributed by atoms with van der Waals surface area (Å²) in [6.45, 7) is 5.34. The summed E-state index contributed by atoms with van der Waals surface area (Å²) in [6, 6.07) is 12.1. The maximum Gasteiger partial charge on any atom is 0.317 e. The lowest BCUT2D eigenvalue weighted by Crippen LogP contribution is -2.36. The van der Waals surface area contributed by atoms with Gasteiger partial charge in [0, 0.05) is 39.4 Å². The monoisotopic (exact) mass is 338 g/mol. The van der Waals surface area contributed by atoms with Crippen molar-refractivity contribution < 1.29 is 4.79 Å². The Bertz CT molecular complexity index is 708. The summed E-state index contributed by atoms with van der Waals surface area (Å²) in [5.41, 5.74) is 3.38. The highest BCUT2D eigenvalue weighted by molar-refractivity contribution is 5.73. The Kier molecular flexibility index (Phi) is 5.53. The largest absolute Gasteiger partial charge is 0.357 e. The molecule has 2 amide bonds. The maximum absolute atomic E-state index is 12.3. The first kappa shape index (κ1) is 17.3. The van der Waals surface area contributed by atoms with E-state index >= 15 is 0 Å².